The summed E-state index contributed by atoms with van der Waals surface area (Å²) in [6.45, 7) is 3.68. The molecule has 7 amide bonds. The van der Waals surface area contributed by atoms with Crippen LogP contribution >= 0.6 is 43.2 Å². The molecular formula is C42H50Br2N12O7S. The second kappa shape index (κ2) is 21.6. The first kappa shape index (κ1) is 47.5. The summed E-state index contributed by atoms with van der Waals surface area (Å²) in [5.74, 6) is -2.63. The third kappa shape index (κ3) is 12.6. The molecule has 1 fully saturated rings. The van der Waals surface area contributed by atoms with E-state index in [0.29, 0.717) is 39.9 Å². The molecule has 5 aromatic heterocycles. The van der Waals surface area contributed by atoms with Gasteiger partial charge in [-0.15, -0.1) is 11.3 Å². The molecule has 0 aliphatic carbocycles. The Morgan fingerprint density at radius 3 is 1.39 bits per heavy atom. The molecule has 19 nitrogen and oxygen atoms in total. The van der Waals surface area contributed by atoms with Gasteiger partial charge in [0.1, 0.15) is 22.8 Å². The Balaban J connectivity index is 0.914. The normalized spacial score (nSPS) is 12.7. The highest BCUT2D eigenvalue weighted by Crippen LogP contribution is 2.33. The van der Waals surface area contributed by atoms with Crippen molar-refractivity contribution in [3.63, 3.8) is 0 Å². The SMILES string of the molecule is Cn1cc(NC(=O)c2cc(NC(=O)CCNC(=O)c3cc(NC(=O)c4cc(NC(=O)c5cc(Br)c(Br)s5)cn4C)cn3C)cn2C)cc1C(=O)NCCC(=O)NCCN1CCCCC1. The summed E-state index contributed by atoms with van der Waals surface area (Å²) in [4.78, 5) is 92.9. The van der Waals surface area contributed by atoms with Gasteiger partial charge in [0.05, 0.1) is 31.4 Å². The van der Waals surface area contributed by atoms with Gasteiger partial charge in [-0.3, -0.25) is 33.6 Å². The Labute approximate surface area is 389 Å². The van der Waals surface area contributed by atoms with Gasteiger partial charge in [0.15, 0.2) is 0 Å². The number of aromatic nitrogens is 4. The number of piperidine rings is 1. The maximum Gasteiger partial charge on any atom is 0.272 e. The lowest BCUT2D eigenvalue weighted by atomic mass is 10.1. The molecule has 6 rings (SSSR count). The van der Waals surface area contributed by atoms with E-state index < -0.39 is 23.6 Å². The molecule has 64 heavy (non-hydrogen) atoms. The van der Waals surface area contributed by atoms with Crippen molar-refractivity contribution < 1.29 is 33.6 Å². The van der Waals surface area contributed by atoms with Crippen molar-refractivity contribution in [1.29, 1.82) is 0 Å². The first-order valence-electron chi connectivity index (χ1n) is 20.4. The molecule has 0 aromatic carbocycles. The number of anilines is 4. The second-order valence-corrected chi connectivity index (χ2v) is 18.5. The van der Waals surface area contributed by atoms with Crippen molar-refractivity contribution in [2.45, 2.75) is 32.1 Å². The van der Waals surface area contributed by atoms with Gasteiger partial charge in [0, 0.05) is 96.5 Å². The van der Waals surface area contributed by atoms with Crippen LogP contribution < -0.4 is 37.2 Å². The molecular weight excluding hydrogens is 976 g/mol. The van der Waals surface area contributed by atoms with Crippen LogP contribution in [0.25, 0.3) is 0 Å². The summed E-state index contributed by atoms with van der Waals surface area (Å²) in [5.41, 5.74) is 2.61. The minimum Gasteiger partial charge on any atom is -0.355 e. The lowest BCUT2D eigenvalue weighted by Gasteiger charge is -2.26. The Bertz CT molecular complexity index is 2540. The number of nitrogens with one attached hydrogen (secondary N) is 7. The van der Waals surface area contributed by atoms with Crippen LogP contribution in [0.5, 0.6) is 0 Å². The Morgan fingerprint density at radius 1 is 0.516 bits per heavy atom. The maximum atomic E-state index is 13.2. The van der Waals surface area contributed by atoms with Crippen LogP contribution in [0.4, 0.5) is 22.7 Å². The summed E-state index contributed by atoms with van der Waals surface area (Å²) in [7, 11) is 6.64. The van der Waals surface area contributed by atoms with Crippen LogP contribution in [0, 0.1) is 0 Å². The van der Waals surface area contributed by atoms with E-state index in [1.807, 2.05) is 0 Å². The van der Waals surface area contributed by atoms with Gasteiger partial charge in [-0.2, -0.15) is 0 Å². The highest BCUT2D eigenvalue weighted by Gasteiger charge is 2.21. The number of nitrogens with zero attached hydrogens (tertiary/aromatic N) is 5. The van der Waals surface area contributed by atoms with Crippen molar-refractivity contribution in [1.82, 2.24) is 39.1 Å². The zero-order chi connectivity index (χ0) is 46.1. The van der Waals surface area contributed by atoms with E-state index in [1.54, 1.807) is 83.4 Å². The fraction of sp³-hybridized carbons (Fsp3) is 0.357. The Kier molecular flexibility index (Phi) is 16.0. The van der Waals surface area contributed by atoms with Crippen LogP contribution in [0.3, 0.4) is 0 Å². The summed E-state index contributed by atoms with van der Waals surface area (Å²) in [5, 5.41) is 19.5. The van der Waals surface area contributed by atoms with Crippen molar-refractivity contribution in [2.24, 2.45) is 28.2 Å². The zero-order valence-corrected chi connectivity index (χ0v) is 39.7. The van der Waals surface area contributed by atoms with Gasteiger partial charge in [-0.05, 0) is 88.1 Å². The summed E-state index contributed by atoms with van der Waals surface area (Å²) < 4.78 is 7.79. The van der Waals surface area contributed by atoms with Gasteiger partial charge >= 0.3 is 0 Å². The van der Waals surface area contributed by atoms with E-state index in [0.717, 1.165) is 27.9 Å². The van der Waals surface area contributed by atoms with Crippen molar-refractivity contribution in [3.05, 3.63) is 91.0 Å². The number of thiophene rings is 1. The summed E-state index contributed by atoms with van der Waals surface area (Å²) >= 11 is 8.02. The van der Waals surface area contributed by atoms with E-state index in [4.69, 9.17) is 0 Å². The number of amides is 7. The van der Waals surface area contributed by atoms with Gasteiger partial charge in [0.2, 0.25) is 11.8 Å². The zero-order valence-electron chi connectivity index (χ0n) is 35.7. The highest BCUT2D eigenvalue weighted by atomic mass is 79.9. The number of aryl methyl sites for hydroxylation is 4. The largest absolute Gasteiger partial charge is 0.355 e. The number of hydrogen-bond acceptors (Lipinski definition) is 9. The Morgan fingerprint density at radius 2 is 0.938 bits per heavy atom. The molecule has 0 radical (unpaired) electrons. The standard InChI is InChI=1S/C42H50Br2N12O7S/c1-52-22-26(17-30(52)38(59)46-10-8-35(57)45-12-15-56-13-6-5-7-14-56)49-40(61)32-16-25(21-54(32)3)48-36(58)9-11-47-39(60)31-18-27(23-53(31)2)50-41(62)33-19-28(24-55(33)4)51-42(63)34-20-29(43)37(44)64-34/h16-24H,5-15H2,1-4H3,(H,45,57)(H,46,59)(H,47,60)(H,48,58)(H,49,61)(H,50,62)(H,51,63). The number of carbonyl (C=O) groups is 7. The number of likely N-dealkylation sites (tertiary alicyclic amines) is 1. The molecule has 6 heterocycles. The lowest BCUT2D eigenvalue weighted by molar-refractivity contribution is -0.121. The van der Waals surface area contributed by atoms with E-state index in [-0.39, 0.29) is 60.7 Å². The smallest absolute Gasteiger partial charge is 0.272 e. The number of rotatable bonds is 18. The molecule has 1 saturated heterocycles. The van der Waals surface area contributed by atoms with Gasteiger partial charge in [-0.1, -0.05) is 6.42 Å². The molecule has 0 bridgehead atoms. The van der Waals surface area contributed by atoms with Crippen molar-refractivity contribution >= 4 is 107 Å². The van der Waals surface area contributed by atoms with Crippen molar-refractivity contribution in [3.8, 4) is 0 Å². The van der Waals surface area contributed by atoms with E-state index in [9.17, 15) is 33.6 Å². The summed E-state index contributed by atoms with van der Waals surface area (Å²) in [6.07, 6.45) is 10.1. The fourth-order valence-corrected chi connectivity index (χ4v) is 9.02. The lowest BCUT2D eigenvalue weighted by Crippen LogP contribution is -2.38. The van der Waals surface area contributed by atoms with Crippen molar-refractivity contribution in [2.75, 3.05) is 60.5 Å². The third-order valence-electron chi connectivity index (χ3n) is 10.4. The first-order valence-corrected chi connectivity index (χ1v) is 22.8. The number of halogens is 2. The quantitative estimate of drug-likeness (QED) is 0.0640. The molecule has 0 atom stereocenters. The van der Waals surface area contributed by atoms with Gasteiger partial charge in [0.25, 0.3) is 29.5 Å². The minimum atomic E-state index is -0.471. The predicted octanol–water partition coefficient (Wildman–Crippen LogP) is 4.86. The van der Waals surface area contributed by atoms with Crippen LogP contribution in [0.1, 0.15) is 83.7 Å². The highest BCUT2D eigenvalue weighted by molar-refractivity contribution is 9.13. The van der Waals surface area contributed by atoms with Crippen LogP contribution in [-0.2, 0) is 37.8 Å². The molecule has 0 unspecified atom stereocenters. The fourth-order valence-electron chi connectivity index (χ4n) is 7.08. The van der Waals surface area contributed by atoms with Gasteiger partial charge in [-0.25, -0.2) is 0 Å². The molecule has 22 heteroatoms. The van der Waals surface area contributed by atoms with Crippen LogP contribution in [0.2, 0.25) is 0 Å². The minimum absolute atomic E-state index is 0.00487. The van der Waals surface area contributed by atoms with E-state index in [2.05, 4.69) is 74.0 Å². The number of hydrogen-bond donors (Lipinski definition) is 7. The Hall–Kier alpha value is -5.97. The molecule has 340 valence electrons. The molecule has 7 N–H and O–H groups in total. The molecule has 0 saturated carbocycles. The van der Waals surface area contributed by atoms with E-state index >= 15 is 0 Å². The van der Waals surface area contributed by atoms with Crippen LogP contribution in [-0.4, -0.2) is 104 Å². The number of carbonyl (C=O) groups excluding carboxylic acids is 7. The maximum absolute atomic E-state index is 13.2. The monoisotopic (exact) mass is 1020 g/mol. The molecule has 5 aromatic rings. The topological polar surface area (TPSA) is 227 Å². The molecule has 1 aliphatic rings. The van der Waals surface area contributed by atoms with Crippen LogP contribution in [0.15, 0.2) is 63.4 Å². The average molecular weight is 1030 g/mol. The summed E-state index contributed by atoms with van der Waals surface area (Å²) in [6, 6.07) is 7.80. The molecule has 1 aliphatic heterocycles. The second-order valence-electron chi connectivity index (χ2n) is 15.3. The third-order valence-corrected chi connectivity index (χ3v) is 13.6. The first-order chi connectivity index (χ1) is 30.5. The van der Waals surface area contributed by atoms with Gasteiger partial charge < -0.3 is 60.4 Å². The molecule has 0 spiro atoms. The van der Waals surface area contributed by atoms with E-state index in [1.165, 1.54) is 48.8 Å². The predicted molar refractivity (Wildman–Crippen MR) is 251 cm³/mol. The average Bonchev–Trinajstić information content (AvgIpc) is 4.07.